The summed E-state index contributed by atoms with van der Waals surface area (Å²) in [5, 5.41) is 13.0. The highest BCUT2D eigenvalue weighted by molar-refractivity contribution is 7.99. The van der Waals surface area contributed by atoms with E-state index >= 15 is 0 Å². The van der Waals surface area contributed by atoms with E-state index in [9.17, 15) is 0 Å². The van der Waals surface area contributed by atoms with Crippen LogP contribution in [-0.2, 0) is 0 Å². The highest BCUT2D eigenvalue weighted by Gasteiger charge is 2.29. The van der Waals surface area contributed by atoms with Crippen molar-refractivity contribution < 1.29 is 5.11 Å². The first-order chi connectivity index (χ1) is 6.19. The molecule has 1 fully saturated rings. The lowest BCUT2D eigenvalue weighted by Crippen LogP contribution is -2.43. The smallest absolute Gasteiger partial charge is 0.0564 e. The van der Waals surface area contributed by atoms with Gasteiger partial charge in [-0.05, 0) is 38.9 Å². The van der Waals surface area contributed by atoms with Crippen molar-refractivity contribution in [1.29, 1.82) is 0 Å². The molecule has 3 atom stereocenters. The minimum atomic E-state index is 0.271. The van der Waals surface area contributed by atoms with Crippen LogP contribution in [0, 0.1) is 5.92 Å². The summed E-state index contributed by atoms with van der Waals surface area (Å²) in [7, 11) is 0. The van der Waals surface area contributed by atoms with E-state index in [0.717, 1.165) is 5.92 Å². The molecule has 2 nitrogen and oxygen atoms in total. The molecule has 0 amide bonds. The Bertz CT molecular complexity index is 146. The Morgan fingerprint density at radius 2 is 2.08 bits per heavy atom. The molecule has 0 bridgehead atoms. The normalized spacial score (nSPS) is 24.0. The molecular formula is C10H21NOS. The summed E-state index contributed by atoms with van der Waals surface area (Å²) in [4.78, 5) is 0. The van der Waals surface area contributed by atoms with Crippen LogP contribution in [0.3, 0.4) is 0 Å². The second-order valence-electron chi connectivity index (χ2n) is 4.04. The lowest BCUT2D eigenvalue weighted by Gasteiger charge is -2.25. The van der Waals surface area contributed by atoms with E-state index in [2.05, 4.69) is 25.4 Å². The van der Waals surface area contributed by atoms with Crippen LogP contribution < -0.4 is 5.32 Å². The van der Waals surface area contributed by atoms with Crippen LogP contribution in [-0.4, -0.2) is 35.3 Å². The van der Waals surface area contributed by atoms with Crippen LogP contribution in [0.2, 0.25) is 0 Å². The predicted octanol–water partition coefficient (Wildman–Crippen LogP) is 1.49. The average Bonchev–Trinajstić information content (AvgIpc) is 2.88. The van der Waals surface area contributed by atoms with Gasteiger partial charge in [-0.15, -0.1) is 0 Å². The standard InChI is InChI=1S/C10H21NOS/c1-7(9-4-5-9)11-8(2)10(6-12)13-3/h7-12H,4-6H2,1-3H3. The first-order valence-electron chi connectivity index (χ1n) is 5.08. The Kier molecular flexibility index (Phi) is 4.56. The lowest BCUT2D eigenvalue weighted by atomic mass is 10.1. The fraction of sp³-hybridized carbons (Fsp3) is 1.00. The predicted molar refractivity (Wildman–Crippen MR) is 59.2 cm³/mol. The van der Waals surface area contributed by atoms with Crippen LogP contribution in [0.15, 0.2) is 0 Å². The Morgan fingerprint density at radius 1 is 1.46 bits per heavy atom. The van der Waals surface area contributed by atoms with Crippen molar-refractivity contribution in [3.05, 3.63) is 0 Å². The summed E-state index contributed by atoms with van der Waals surface area (Å²) in [6.45, 7) is 4.69. The molecular weight excluding hydrogens is 182 g/mol. The number of aliphatic hydroxyl groups is 1. The molecule has 1 aliphatic carbocycles. The summed E-state index contributed by atoms with van der Waals surface area (Å²) in [6.07, 6.45) is 4.81. The lowest BCUT2D eigenvalue weighted by molar-refractivity contribution is 0.269. The largest absolute Gasteiger partial charge is 0.395 e. The minimum absolute atomic E-state index is 0.271. The van der Waals surface area contributed by atoms with Gasteiger partial charge in [0.25, 0.3) is 0 Å². The van der Waals surface area contributed by atoms with Crippen molar-refractivity contribution in [2.24, 2.45) is 5.92 Å². The molecule has 1 rings (SSSR count). The number of hydrogen-bond acceptors (Lipinski definition) is 3. The molecule has 2 N–H and O–H groups in total. The molecule has 0 aliphatic heterocycles. The van der Waals surface area contributed by atoms with Gasteiger partial charge in [0.2, 0.25) is 0 Å². The third-order valence-corrected chi connectivity index (χ3v) is 4.06. The number of aliphatic hydroxyl groups excluding tert-OH is 1. The molecule has 78 valence electrons. The van der Waals surface area contributed by atoms with Gasteiger partial charge in [0.05, 0.1) is 6.61 Å². The summed E-state index contributed by atoms with van der Waals surface area (Å²) >= 11 is 1.74. The number of hydrogen-bond donors (Lipinski definition) is 2. The maximum Gasteiger partial charge on any atom is 0.0564 e. The number of thioether (sulfide) groups is 1. The number of rotatable bonds is 6. The van der Waals surface area contributed by atoms with Crippen LogP contribution in [0.5, 0.6) is 0 Å². The van der Waals surface area contributed by atoms with Gasteiger partial charge in [0.15, 0.2) is 0 Å². The quantitative estimate of drug-likeness (QED) is 0.686. The maximum atomic E-state index is 9.10. The Morgan fingerprint density at radius 3 is 2.46 bits per heavy atom. The average molecular weight is 203 g/mol. The van der Waals surface area contributed by atoms with Crippen LogP contribution >= 0.6 is 11.8 Å². The zero-order valence-corrected chi connectivity index (χ0v) is 9.60. The molecule has 0 aromatic heterocycles. The fourth-order valence-electron chi connectivity index (χ4n) is 1.69. The van der Waals surface area contributed by atoms with Crippen molar-refractivity contribution in [3.8, 4) is 0 Å². The molecule has 0 saturated heterocycles. The van der Waals surface area contributed by atoms with Gasteiger partial charge in [-0.25, -0.2) is 0 Å². The minimum Gasteiger partial charge on any atom is -0.395 e. The molecule has 0 radical (unpaired) electrons. The van der Waals surface area contributed by atoms with Gasteiger partial charge in [0, 0.05) is 17.3 Å². The summed E-state index contributed by atoms with van der Waals surface area (Å²) < 4.78 is 0. The molecule has 3 unspecified atom stereocenters. The van der Waals surface area contributed by atoms with E-state index in [0.29, 0.717) is 17.3 Å². The molecule has 0 spiro atoms. The van der Waals surface area contributed by atoms with E-state index in [1.54, 1.807) is 11.8 Å². The van der Waals surface area contributed by atoms with Crippen molar-refractivity contribution >= 4 is 11.8 Å². The van der Waals surface area contributed by atoms with Crippen LogP contribution in [0.4, 0.5) is 0 Å². The van der Waals surface area contributed by atoms with Gasteiger partial charge in [0.1, 0.15) is 0 Å². The highest BCUT2D eigenvalue weighted by atomic mass is 32.2. The SMILES string of the molecule is CSC(CO)C(C)NC(C)C1CC1. The van der Waals surface area contributed by atoms with Gasteiger partial charge >= 0.3 is 0 Å². The van der Waals surface area contributed by atoms with Crippen LogP contribution in [0.1, 0.15) is 26.7 Å². The van der Waals surface area contributed by atoms with Gasteiger partial charge in [-0.2, -0.15) is 11.8 Å². The van der Waals surface area contributed by atoms with E-state index in [4.69, 9.17) is 5.11 Å². The highest BCUT2D eigenvalue weighted by Crippen LogP contribution is 2.32. The molecule has 0 aromatic rings. The molecule has 0 aromatic carbocycles. The zero-order valence-electron chi connectivity index (χ0n) is 8.79. The Labute approximate surface area is 85.5 Å². The van der Waals surface area contributed by atoms with E-state index < -0.39 is 0 Å². The van der Waals surface area contributed by atoms with Gasteiger partial charge in [-0.1, -0.05) is 0 Å². The van der Waals surface area contributed by atoms with Crippen molar-refractivity contribution in [2.45, 2.75) is 44.0 Å². The Hall–Kier alpha value is 0.270. The molecule has 13 heavy (non-hydrogen) atoms. The first-order valence-corrected chi connectivity index (χ1v) is 6.37. The maximum absolute atomic E-state index is 9.10. The van der Waals surface area contributed by atoms with Crippen molar-refractivity contribution in [1.82, 2.24) is 5.32 Å². The summed E-state index contributed by atoms with van der Waals surface area (Å²) in [5.41, 5.74) is 0. The molecule has 3 heteroatoms. The first kappa shape index (κ1) is 11.3. The second-order valence-corrected chi connectivity index (χ2v) is 5.12. The molecule has 1 aliphatic rings. The topological polar surface area (TPSA) is 32.3 Å². The van der Waals surface area contributed by atoms with Crippen LogP contribution in [0.25, 0.3) is 0 Å². The summed E-state index contributed by atoms with van der Waals surface area (Å²) in [5.74, 6) is 0.892. The fourth-order valence-corrected chi connectivity index (χ4v) is 2.33. The second kappa shape index (κ2) is 5.23. The summed E-state index contributed by atoms with van der Waals surface area (Å²) in [6, 6.07) is 1.03. The Balaban J connectivity index is 2.24. The van der Waals surface area contributed by atoms with E-state index in [1.807, 2.05) is 0 Å². The molecule has 1 saturated carbocycles. The van der Waals surface area contributed by atoms with Gasteiger partial charge < -0.3 is 10.4 Å². The monoisotopic (exact) mass is 203 g/mol. The third-order valence-electron chi connectivity index (χ3n) is 2.90. The van der Waals surface area contributed by atoms with E-state index in [-0.39, 0.29) is 6.61 Å². The zero-order chi connectivity index (χ0) is 9.84. The number of nitrogens with one attached hydrogen (secondary N) is 1. The van der Waals surface area contributed by atoms with Gasteiger partial charge in [-0.3, -0.25) is 0 Å². The molecule has 0 heterocycles. The van der Waals surface area contributed by atoms with Crippen molar-refractivity contribution in [2.75, 3.05) is 12.9 Å². The van der Waals surface area contributed by atoms with Crippen molar-refractivity contribution in [3.63, 3.8) is 0 Å². The van der Waals surface area contributed by atoms with E-state index in [1.165, 1.54) is 12.8 Å². The third kappa shape index (κ3) is 3.49.